The molecular formula is C23H27N7. The van der Waals surface area contributed by atoms with Crippen molar-refractivity contribution in [2.24, 2.45) is 0 Å². The van der Waals surface area contributed by atoms with Crippen LogP contribution < -0.4 is 0 Å². The normalized spacial score (nSPS) is 12.4. The Morgan fingerprint density at radius 1 is 1.10 bits per heavy atom. The van der Waals surface area contributed by atoms with Gasteiger partial charge in [-0.05, 0) is 41.3 Å². The Labute approximate surface area is 176 Å². The molecule has 1 atom stereocenters. The number of unbranched alkanes of at least 4 members (excludes halogenated alkanes) is 1. The standard InChI is InChI=1S/C23H27N7/c1-3-4-13-29(18(2)30-14-12-24-17-30)16-19-10-11-21(20-8-6-5-7-9-20)22(15-19)23-25-27-28-26-23/h5-12,14-15,17-18H,3-4,13,16H2,1-2H3,(H,25,26,27,28). The first-order valence-corrected chi connectivity index (χ1v) is 10.4. The summed E-state index contributed by atoms with van der Waals surface area (Å²) in [6.07, 6.45) is 8.27. The second-order valence-electron chi connectivity index (χ2n) is 7.45. The maximum atomic E-state index is 4.25. The fourth-order valence-electron chi connectivity index (χ4n) is 3.69. The molecule has 0 aliphatic carbocycles. The van der Waals surface area contributed by atoms with Gasteiger partial charge in [-0.25, -0.2) is 4.98 Å². The Bertz CT molecular complexity index is 1030. The molecule has 0 aliphatic heterocycles. The maximum Gasteiger partial charge on any atom is 0.205 e. The number of imidazole rings is 1. The number of aromatic nitrogens is 6. The van der Waals surface area contributed by atoms with Crippen molar-refractivity contribution in [3.8, 4) is 22.5 Å². The number of tetrazole rings is 1. The topological polar surface area (TPSA) is 75.5 Å². The first-order chi connectivity index (χ1) is 14.8. The molecular weight excluding hydrogens is 374 g/mol. The summed E-state index contributed by atoms with van der Waals surface area (Å²) >= 11 is 0. The highest BCUT2D eigenvalue weighted by Gasteiger charge is 2.17. The Kier molecular flexibility index (Phi) is 6.29. The number of H-pyrrole nitrogens is 1. The lowest BCUT2D eigenvalue weighted by atomic mass is 9.97. The van der Waals surface area contributed by atoms with Gasteiger partial charge in [-0.2, -0.15) is 5.21 Å². The van der Waals surface area contributed by atoms with Gasteiger partial charge in [0.15, 0.2) is 0 Å². The van der Waals surface area contributed by atoms with Crippen LogP contribution in [-0.4, -0.2) is 41.6 Å². The van der Waals surface area contributed by atoms with E-state index in [0.717, 1.165) is 42.6 Å². The van der Waals surface area contributed by atoms with E-state index in [2.05, 4.69) is 79.3 Å². The van der Waals surface area contributed by atoms with E-state index in [1.54, 1.807) is 0 Å². The van der Waals surface area contributed by atoms with Crippen LogP contribution in [0, 0.1) is 0 Å². The van der Waals surface area contributed by atoms with Gasteiger partial charge in [0.05, 0.1) is 12.5 Å². The summed E-state index contributed by atoms with van der Waals surface area (Å²) in [7, 11) is 0. The fraction of sp³-hybridized carbons (Fsp3) is 0.304. The molecule has 0 bridgehead atoms. The van der Waals surface area contributed by atoms with Gasteiger partial charge in [-0.1, -0.05) is 55.8 Å². The minimum Gasteiger partial charge on any atom is -0.322 e. The number of nitrogens with one attached hydrogen (secondary N) is 1. The van der Waals surface area contributed by atoms with E-state index < -0.39 is 0 Å². The Balaban J connectivity index is 1.67. The third-order valence-corrected chi connectivity index (χ3v) is 5.42. The Morgan fingerprint density at radius 2 is 1.97 bits per heavy atom. The lowest BCUT2D eigenvalue weighted by Crippen LogP contribution is -2.31. The van der Waals surface area contributed by atoms with Crippen molar-refractivity contribution < 1.29 is 0 Å². The van der Waals surface area contributed by atoms with Crippen LogP contribution >= 0.6 is 0 Å². The summed E-state index contributed by atoms with van der Waals surface area (Å²) in [4.78, 5) is 6.69. The molecule has 7 nitrogen and oxygen atoms in total. The highest BCUT2D eigenvalue weighted by atomic mass is 15.5. The highest BCUT2D eigenvalue weighted by molar-refractivity contribution is 5.80. The third-order valence-electron chi connectivity index (χ3n) is 5.42. The van der Waals surface area contributed by atoms with Crippen LogP contribution in [0.5, 0.6) is 0 Å². The molecule has 0 amide bonds. The molecule has 0 saturated carbocycles. The zero-order valence-electron chi connectivity index (χ0n) is 17.4. The highest BCUT2D eigenvalue weighted by Crippen LogP contribution is 2.31. The monoisotopic (exact) mass is 401 g/mol. The number of hydrogen-bond acceptors (Lipinski definition) is 5. The van der Waals surface area contributed by atoms with E-state index in [1.807, 2.05) is 36.9 Å². The minimum atomic E-state index is 0.224. The van der Waals surface area contributed by atoms with Crippen LogP contribution in [0.3, 0.4) is 0 Å². The van der Waals surface area contributed by atoms with Gasteiger partial charge in [0.2, 0.25) is 5.82 Å². The molecule has 1 N–H and O–H groups in total. The molecule has 154 valence electrons. The summed E-state index contributed by atoms with van der Waals surface area (Å²) in [5, 5.41) is 14.8. The molecule has 30 heavy (non-hydrogen) atoms. The van der Waals surface area contributed by atoms with Gasteiger partial charge >= 0.3 is 0 Å². The molecule has 7 heteroatoms. The van der Waals surface area contributed by atoms with Crippen molar-refractivity contribution in [2.45, 2.75) is 39.4 Å². The first kappa shape index (κ1) is 20.0. The molecule has 0 saturated heterocycles. The fourth-order valence-corrected chi connectivity index (χ4v) is 3.69. The quantitative estimate of drug-likeness (QED) is 0.445. The second kappa shape index (κ2) is 9.45. The van der Waals surface area contributed by atoms with Crippen LogP contribution in [0.2, 0.25) is 0 Å². The zero-order chi connectivity index (χ0) is 20.8. The molecule has 4 aromatic rings. The van der Waals surface area contributed by atoms with Crippen LogP contribution in [0.15, 0.2) is 67.3 Å². The van der Waals surface area contributed by atoms with Crippen molar-refractivity contribution in [3.05, 3.63) is 72.8 Å². The van der Waals surface area contributed by atoms with E-state index in [4.69, 9.17) is 0 Å². The zero-order valence-corrected chi connectivity index (χ0v) is 17.4. The summed E-state index contributed by atoms with van der Waals surface area (Å²) in [6, 6.07) is 16.9. The van der Waals surface area contributed by atoms with E-state index in [-0.39, 0.29) is 6.17 Å². The van der Waals surface area contributed by atoms with Crippen molar-refractivity contribution in [2.75, 3.05) is 6.54 Å². The molecule has 0 aliphatic rings. The summed E-state index contributed by atoms with van der Waals surface area (Å²) in [6.45, 7) is 6.30. The van der Waals surface area contributed by atoms with Crippen LogP contribution in [0.4, 0.5) is 0 Å². The number of nitrogens with zero attached hydrogens (tertiary/aromatic N) is 6. The molecule has 2 heterocycles. The largest absolute Gasteiger partial charge is 0.322 e. The number of aromatic amines is 1. The van der Waals surface area contributed by atoms with Crippen molar-refractivity contribution in [1.29, 1.82) is 0 Å². The predicted molar refractivity (Wildman–Crippen MR) is 117 cm³/mol. The van der Waals surface area contributed by atoms with Gasteiger partial charge in [0.1, 0.15) is 0 Å². The van der Waals surface area contributed by atoms with E-state index in [9.17, 15) is 0 Å². The van der Waals surface area contributed by atoms with Crippen molar-refractivity contribution >= 4 is 0 Å². The van der Waals surface area contributed by atoms with Crippen LogP contribution in [-0.2, 0) is 6.54 Å². The average molecular weight is 402 g/mol. The summed E-state index contributed by atoms with van der Waals surface area (Å²) < 4.78 is 2.15. The minimum absolute atomic E-state index is 0.224. The molecule has 4 rings (SSSR count). The maximum absolute atomic E-state index is 4.25. The number of hydrogen-bond donors (Lipinski definition) is 1. The summed E-state index contributed by atoms with van der Waals surface area (Å²) in [5.74, 6) is 0.610. The lowest BCUT2D eigenvalue weighted by molar-refractivity contribution is 0.143. The average Bonchev–Trinajstić information content (AvgIpc) is 3.51. The predicted octanol–water partition coefficient (Wildman–Crippen LogP) is 4.55. The molecule has 0 fully saturated rings. The molecule has 2 aromatic heterocycles. The van der Waals surface area contributed by atoms with E-state index in [0.29, 0.717) is 5.82 Å². The second-order valence-corrected chi connectivity index (χ2v) is 7.45. The molecule has 0 spiro atoms. The first-order valence-electron chi connectivity index (χ1n) is 10.4. The SMILES string of the molecule is CCCCN(Cc1ccc(-c2ccccc2)c(-c2nn[nH]n2)c1)C(C)n1ccnc1. The molecule has 0 radical (unpaired) electrons. The number of rotatable bonds is 9. The third kappa shape index (κ3) is 4.46. The van der Waals surface area contributed by atoms with Crippen LogP contribution in [0.1, 0.15) is 38.4 Å². The molecule has 2 aromatic carbocycles. The smallest absolute Gasteiger partial charge is 0.205 e. The summed E-state index contributed by atoms with van der Waals surface area (Å²) in [5.41, 5.74) is 4.44. The number of benzene rings is 2. The lowest BCUT2D eigenvalue weighted by Gasteiger charge is -2.30. The van der Waals surface area contributed by atoms with Gasteiger partial charge in [-0.15, -0.1) is 10.2 Å². The van der Waals surface area contributed by atoms with Gasteiger partial charge < -0.3 is 4.57 Å². The van der Waals surface area contributed by atoms with Crippen molar-refractivity contribution in [1.82, 2.24) is 35.1 Å². The van der Waals surface area contributed by atoms with E-state index in [1.165, 1.54) is 5.56 Å². The Morgan fingerprint density at radius 3 is 2.67 bits per heavy atom. The molecule has 1 unspecified atom stereocenters. The van der Waals surface area contributed by atoms with Crippen molar-refractivity contribution in [3.63, 3.8) is 0 Å². The van der Waals surface area contributed by atoms with Gasteiger partial charge in [0, 0.05) is 31.0 Å². The Hall–Kier alpha value is -3.32. The van der Waals surface area contributed by atoms with Crippen LogP contribution in [0.25, 0.3) is 22.5 Å². The van der Waals surface area contributed by atoms with Gasteiger partial charge in [0.25, 0.3) is 0 Å². The van der Waals surface area contributed by atoms with Gasteiger partial charge in [-0.3, -0.25) is 4.90 Å². The van der Waals surface area contributed by atoms with E-state index >= 15 is 0 Å².